The molecule has 1 atom stereocenters. The molecule has 1 aromatic rings. The van der Waals surface area contributed by atoms with E-state index < -0.39 is 0 Å². The third kappa shape index (κ3) is 3.86. The van der Waals surface area contributed by atoms with Crippen molar-refractivity contribution in [2.24, 2.45) is 0 Å². The van der Waals surface area contributed by atoms with Gasteiger partial charge in [-0.1, -0.05) is 33.6 Å². The molecule has 14 heavy (non-hydrogen) atoms. The van der Waals surface area contributed by atoms with Crippen LogP contribution in [0, 0.1) is 0 Å². The van der Waals surface area contributed by atoms with Crippen LogP contribution in [0.15, 0.2) is 24.3 Å². The second-order valence-electron chi connectivity index (χ2n) is 2.61. The van der Waals surface area contributed by atoms with Crippen LogP contribution >= 0.6 is 27.5 Å². The van der Waals surface area contributed by atoms with E-state index in [1.807, 2.05) is 19.1 Å². The van der Waals surface area contributed by atoms with E-state index in [-0.39, 0.29) is 6.29 Å². The predicted molar refractivity (Wildman–Crippen MR) is 61.3 cm³/mol. The second-order valence-corrected chi connectivity index (χ2v) is 3.70. The van der Waals surface area contributed by atoms with Crippen LogP contribution in [0.1, 0.15) is 6.92 Å². The fourth-order valence-electron chi connectivity index (χ4n) is 0.988. The zero-order valence-corrected chi connectivity index (χ0v) is 10.2. The monoisotopic (exact) mass is 278 g/mol. The Labute approximate surface area is 97.3 Å². The highest BCUT2D eigenvalue weighted by atomic mass is 79.9. The van der Waals surface area contributed by atoms with Crippen molar-refractivity contribution in [1.29, 1.82) is 0 Å². The lowest BCUT2D eigenvalue weighted by Crippen LogP contribution is -2.21. The number of hydrogen-bond donors (Lipinski definition) is 0. The van der Waals surface area contributed by atoms with Crippen molar-refractivity contribution in [2.45, 2.75) is 13.2 Å². The van der Waals surface area contributed by atoms with Gasteiger partial charge in [-0.05, 0) is 25.1 Å². The first kappa shape index (κ1) is 11.8. The number of benzene rings is 1. The summed E-state index contributed by atoms with van der Waals surface area (Å²) in [6.45, 7) is 2.55. The number of hydrogen-bond acceptors (Lipinski definition) is 2. The summed E-state index contributed by atoms with van der Waals surface area (Å²) in [5, 5.41) is 1.29. The van der Waals surface area contributed by atoms with Crippen molar-refractivity contribution in [3.63, 3.8) is 0 Å². The SMILES string of the molecule is CCOC(CBr)Oc1cccc(Cl)c1. The first-order chi connectivity index (χ1) is 6.76. The maximum atomic E-state index is 5.82. The molecule has 0 amide bonds. The quantitative estimate of drug-likeness (QED) is 0.607. The van der Waals surface area contributed by atoms with Gasteiger partial charge in [0.15, 0.2) is 0 Å². The molecule has 0 aliphatic heterocycles. The van der Waals surface area contributed by atoms with Crippen molar-refractivity contribution in [2.75, 3.05) is 11.9 Å². The summed E-state index contributed by atoms with van der Waals surface area (Å²) in [6, 6.07) is 7.25. The van der Waals surface area contributed by atoms with E-state index in [2.05, 4.69) is 15.9 Å². The highest BCUT2D eigenvalue weighted by molar-refractivity contribution is 9.09. The number of alkyl halides is 1. The molecule has 0 aromatic heterocycles. The topological polar surface area (TPSA) is 18.5 Å². The van der Waals surface area contributed by atoms with Gasteiger partial charge >= 0.3 is 0 Å². The third-order valence-corrected chi connectivity index (χ3v) is 2.31. The van der Waals surface area contributed by atoms with Crippen molar-refractivity contribution in [1.82, 2.24) is 0 Å². The molecule has 1 unspecified atom stereocenters. The van der Waals surface area contributed by atoms with Crippen LogP contribution in [0.4, 0.5) is 0 Å². The van der Waals surface area contributed by atoms with E-state index in [4.69, 9.17) is 21.1 Å². The van der Waals surface area contributed by atoms with Gasteiger partial charge in [-0.15, -0.1) is 0 Å². The highest BCUT2D eigenvalue weighted by Crippen LogP contribution is 2.19. The van der Waals surface area contributed by atoms with Crippen LogP contribution in [0.25, 0.3) is 0 Å². The summed E-state index contributed by atoms with van der Waals surface area (Å²) in [7, 11) is 0. The molecule has 2 nitrogen and oxygen atoms in total. The van der Waals surface area contributed by atoms with Gasteiger partial charge in [0.05, 0.1) is 5.33 Å². The van der Waals surface area contributed by atoms with Gasteiger partial charge in [0.1, 0.15) is 5.75 Å². The van der Waals surface area contributed by atoms with Crippen molar-refractivity contribution < 1.29 is 9.47 Å². The lowest BCUT2D eigenvalue weighted by molar-refractivity contribution is -0.0569. The number of halogens is 2. The molecular formula is C10H12BrClO2. The third-order valence-electron chi connectivity index (χ3n) is 1.54. The van der Waals surface area contributed by atoms with Gasteiger partial charge in [-0.3, -0.25) is 0 Å². The molecule has 0 aliphatic rings. The molecule has 0 bridgehead atoms. The largest absolute Gasteiger partial charge is 0.464 e. The smallest absolute Gasteiger partial charge is 0.209 e. The summed E-state index contributed by atoms with van der Waals surface area (Å²) < 4.78 is 10.9. The fraction of sp³-hybridized carbons (Fsp3) is 0.400. The van der Waals surface area contributed by atoms with E-state index in [9.17, 15) is 0 Å². The van der Waals surface area contributed by atoms with Crippen LogP contribution in [-0.2, 0) is 4.74 Å². The molecule has 0 heterocycles. The molecular weight excluding hydrogens is 267 g/mol. The van der Waals surface area contributed by atoms with Crippen LogP contribution in [0.5, 0.6) is 5.75 Å². The van der Waals surface area contributed by atoms with E-state index in [1.54, 1.807) is 12.1 Å². The lowest BCUT2D eigenvalue weighted by Gasteiger charge is -2.16. The average Bonchev–Trinajstić information content (AvgIpc) is 2.17. The van der Waals surface area contributed by atoms with E-state index in [1.165, 1.54) is 0 Å². The second kappa shape index (κ2) is 6.27. The average molecular weight is 280 g/mol. The molecule has 0 saturated carbocycles. The minimum Gasteiger partial charge on any atom is -0.464 e. The van der Waals surface area contributed by atoms with Crippen LogP contribution < -0.4 is 4.74 Å². The molecule has 0 spiro atoms. The summed E-state index contributed by atoms with van der Waals surface area (Å²) in [5.41, 5.74) is 0. The van der Waals surface area contributed by atoms with Crippen LogP contribution in [0.3, 0.4) is 0 Å². The fourth-order valence-corrected chi connectivity index (χ4v) is 1.49. The zero-order chi connectivity index (χ0) is 10.4. The normalized spacial score (nSPS) is 12.5. The molecule has 78 valence electrons. The lowest BCUT2D eigenvalue weighted by atomic mass is 10.3. The molecule has 0 radical (unpaired) electrons. The molecule has 0 saturated heterocycles. The zero-order valence-electron chi connectivity index (χ0n) is 7.87. The predicted octanol–water partition coefficient (Wildman–Crippen LogP) is 3.48. The van der Waals surface area contributed by atoms with Gasteiger partial charge in [-0.25, -0.2) is 0 Å². The van der Waals surface area contributed by atoms with E-state index in [0.29, 0.717) is 17.0 Å². The number of ether oxygens (including phenoxy) is 2. The summed E-state index contributed by atoms with van der Waals surface area (Å²) in [4.78, 5) is 0. The maximum Gasteiger partial charge on any atom is 0.209 e. The Hall–Kier alpha value is -0.250. The van der Waals surface area contributed by atoms with Crippen molar-refractivity contribution >= 4 is 27.5 Å². The molecule has 0 aliphatic carbocycles. The summed E-state index contributed by atoms with van der Waals surface area (Å²) in [6.07, 6.45) is -0.265. The summed E-state index contributed by atoms with van der Waals surface area (Å²) >= 11 is 9.13. The minimum atomic E-state index is -0.265. The van der Waals surface area contributed by atoms with Gasteiger partial charge in [0.25, 0.3) is 0 Å². The van der Waals surface area contributed by atoms with Gasteiger partial charge in [0, 0.05) is 11.6 Å². The minimum absolute atomic E-state index is 0.265. The maximum absolute atomic E-state index is 5.82. The Morgan fingerprint density at radius 3 is 2.86 bits per heavy atom. The van der Waals surface area contributed by atoms with Gasteiger partial charge in [0.2, 0.25) is 6.29 Å². The molecule has 1 aromatic carbocycles. The Morgan fingerprint density at radius 1 is 1.50 bits per heavy atom. The van der Waals surface area contributed by atoms with E-state index >= 15 is 0 Å². The summed E-state index contributed by atoms with van der Waals surface area (Å²) in [5.74, 6) is 0.718. The van der Waals surface area contributed by atoms with Gasteiger partial charge in [-0.2, -0.15) is 0 Å². The van der Waals surface area contributed by atoms with Crippen LogP contribution in [0.2, 0.25) is 5.02 Å². The Balaban J connectivity index is 2.57. The van der Waals surface area contributed by atoms with Crippen molar-refractivity contribution in [3.05, 3.63) is 29.3 Å². The van der Waals surface area contributed by atoms with E-state index in [0.717, 1.165) is 5.75 Å². The standard InChI is InChI=1S/C10H12BrClO2/c1-2-13-10(7-11)14-9-5-3-4-8(12)6-9/h3-6,10H,2,7H2,1H3. The highest BCUT2D eigenvalue weighted by Gasteiger charge is 2.07. The Kier molecular flexibility index (Phi) is 5.30. The molecule has 0 fully saturated rings. The molecule has 4 heteroatoms. The first-order valence-corrected chi connectivity index (χ1v) is 5.86. The van der Waals surface area contributed by atoms with Gasteiger partial charge < -0.3 is 9.47 Å². The Bertz CT molecular complexity index is 281. The molecule has 0 N–H and O–H groups in total. The van der Waals surface area contributed by atoms with Crippen molar-refractivity contribution in [3.8, 4) is 5.75 Å². The first-order valence-electron chi connectivity index (χ1n) is 4.36. The van der Waals surface area contributed by atoms with Crippen LogP contribution in [-0.4, -0.2) is 18.2 Å². The Morgan fingerprint density at radius 2 is 2.29 bits per heavy atom. The number of rotatable bonds is 5. The molecule has 1 rings (SSSR count).